The number of nitrogens with one attached hydrogen (secondary N) is 3. The van der Waals surface area contributed by atoms with E-state index in [4.69, 9.17) is 9.47 Å². The molecule has 130 valence electrons. The van der Waals surface area contributed by atoms with E-state index < -0.39 is 0 Å². The highest BCUT2D eigenvalue weighted by Crippen LogP contribution is 2.08. The molecule has 6 heteroatoms. The van der Waals surface area contributed by atoms with Crippen LogP contribution in [0.4, 0.5) is 0 Å². The first-order valence-corrected chi connectivity index (χ1v) is 8.48. The van der Waals surface area contributed by atoms with Gasteiger partial charge in [-0.1, -0.05) is 0 Å². The third kappa shape index (κ3) is 9.97. The van der Waals surface area contributed by atoms with Crippen LogP contribution in [0.5, 0.6) is 0 Å². The molecule has 0 aromatic heterocycles. The smallest absolute Gasteiger partial charge is 0.191 e. The van der Waals surface area contributed by atoms with E-state index in [9.17, 15) is 0 Å². The summed E-state index contributed by atoms with van der Waals surface area (Å²) in [6.07, 6.45) is 2.25. The Morgan fingerprint density at radius 3 is 2.73 bits per heavy atom. The van der Waals surface area contributed by atoms with Crippen LogP contribution in [0.15, 0.2) is 4.99 Å². The second-order valence-corrected chi connectivity index (χ2v) is 6.57. The van der Waals surface area contributed by atoms with Crippen molar-refractivity contribution in [1.82, 2.24) is 16.0 Å². The zero-order valence-corrected chi connectivity index (χ0v) is 14.7. The van der Waals surface area contributed by atoms with Crippen LogP contribution in [-0.2, 0) is 9.47 Å². The van der Waals surface area contributed by atoms with Gasteiger partial charge in [-0.25, -0.2) is 0 Å². The van der Waals surface area contributed by atoms with Gasteiger partial charge in [0.05, 0.1) is 12.7 Å². The molecule has 6 nitrogen and oxygen atoms in total. The van der Waals surface area contributed by atoms with Crippen molar-refractivity contribution in [3.05, 3.63) is 0 Å². The average molecular weight is 314 g/mol. The van der Waals surface area contributed by atoms with Crippen molar-refractivity contribution in [2.45, 2.75) is 52.2 Å². The zero-order chi connectivity index (χ0) is 16.3. The summed E-state index contributed by atoms with van der Waals surface area (Å²) >= 11 is 0. The number of guanidine groups is 1. The standard InChI is InChI=1S/C16H34N4O2/c1-5-17-15(19-9-10-20-16(2,3)4)18-8-6-11-22-14-7-12-21-13-14/h14,20H,5-13H2,1-4H3,(H2,17,18,19). The van der Waals surface area contributed by atoms with E-state index in [1.165, 1.54) is 0 Å². The maximum Gasteiger partial charge on any atom is 0.191 e. The second kappa shape index (κ2) is 10.8. The minimum absolute atomic E-state index is 0.151. The lowest BCUT2D eigenvalue weighted by atomic mass is 10.1. The fourth-order valence-corrected chi connectivity index (χ4v) is 2.11. The Kier molecular flexibility index (Phi) is 9.43. The molecule has 1 aliphatic heterocycles. The first-order chi connectivity index (χ1) is 10.5. The minimum atomic E-state index is 0.151. The first-order valence-electron chi connectivity index (χ1n) is 8.48. The SMILES string of the molecule is CCNC(=NCCCOC1CCOC1)NCCNC(C)(C)C. The molecular weight excluding hydrogens is 280 g/mol. The number of hydrogen-bond acceptors (Lipinski definition) is 4. The zero-order valence-electron chi connectivity index (χ0n) is 14.7. The van der Waals surface area contributed by atoms with Crippen LogP contribution >= 0.6 is 0 Å². The van der Waals surface area contributed by atoms with Crippen molar-refractivity contribution in [2.24, 2.45) is 4.99 Å². The van der Waals surface area contributed by atoms with E-state index in [2.05, 4.69) is 48.6 Å². The Balaban J connectivity index is 2.11. The Labute approximate surface area is 135 Å². The summed E-state index contributed by atoms with van der Waals surface area (Å²) in [6, 6.07) is 0. The normalized spacial score (nSPS) is 19.5. The van der Waals surface area contributed by atoms with Crippen LogP contribution in [0, 0.1) is 0 Å². The van der Waals surface area contributed by atoms with E-state index in [1.807, 2.05) is 0 Å². The van der Waals surface area contributed by atoms with Gasteiger partial charge in [-0.15, -0.1) is 0 Å². The molecule has 0 aromatic carbocycles. The van der Waals surface area contributed by atoms with Crippen molar-refractivity contribution >= 4 is 5.96 Å². The molecule has 1 saturated heterocycles. The van der Waals surface area contributed by atoms with Crippen LogP contribution in [0.1, 0.15) is 40.5 Å². The average Bonchev–Trinajstić information content (AvgIpc) is 2.95. The van der Waals surface area contributed by atoms with Crippen LogP contribution in [0.2, 0.25) is 0 Å². The quantitative estimate of drug-likeness (QED) is 0.338. The summed E-state index contributed by atoms with van der Waals surface area (Å²) in [5.41, 5.74) is 0.151. The molecule has 1 fully saturated rings. The molecule has 1 rings (SSSR count). The van der Waals surface area contributed by atoms with E-state index in [0.717, 1.165) is 64.8 Å². The second-order valence-electron chi connectivity index (χ2n) is 6.57. The monoisotopic (exact) mass is 314 g/mol. The van der Waals surface area contributed by atoms with Gasteiger partial charge in [0.1, 0.15) is 0 Å². The molecule has 1 heterocycles. The number of nitrogens with zero attached hydrogens (tertiary/aromatic N) is 1. The number of ether oxygens (including phenoxy) is 2. The van der Waals surface area contributed by atoms with Crippen LogP contribution in [-0.4, -0.2) is 63.6 Å². The third-order valence-corrected chi connectivity index (χ3v) is 3.23. The minimum Gasteiger partial charge on any atom is -0.379 e. The maximum atomic E-state index is 5.74. The summed E-state index contributed by atoms with van der Waals surface area (Å²) in [6.45, 7) is 14.3. The molecule has 0 bridgehead atoms. The highest BCUT2D eigenvalue weighted by Gasteiger charge is 2.15. The number of aliphatic imine (C=N–C) groups is 1. The molecule has 22 heavy (non-hydrogen) atoms. The van der Waals surface area contributed by atoms with Crippen LogP contribution in [0.25, 0.3) is 0 Å². The van der Waals surface area contributed by atoms with Gasteiger partial charge < -0.3 is 25.4 Å². The highest BCUT2D eigenvalue weighted by atomic mass is 16.5. The van der Waals surface area contributed by atoms with Gasteiger partial charge in [0.2, 0.25) is 0 Å². The summed E-state index contributed by atoms with van der Waals surface area (Å²) in [7, 11) is 0. The molecular formula is C16H34N4O2. The number of hydrogen-bond donors (Lipinski definition) is 3. The largest absolute Gasteiger partial charge is 0.379 e. The molecule has 0 saturated carbocycles. The van der Waals surface area contributed by atoms with Gasteiger partial charge >= 0.3 is 0 Å². The molecule has 0 radical (unpaired) electrons. The fraction of sp³-hybridized carbons (Fsp3) is 0.938. The van der Waals surface area contributed by atoms with Gasteiger partial charge in [0.25, 0.3) is 0 Å². The highest BCUT2D eigenvalue weighted by molar-refractivity contribution is 5.79. The van der Waals surface area contributed by atoms with E-state index in [1.54, 1.807) is 0 Å². The molecule has 0 aromatic rings. The summed E-state index contributed by atoms with van der Waals surface area (Å²) in [5.74, 6) is 0.877. The maximum absolute atomic E-state index is 5.74. The van der Waals surface area contributed by atoms with Crippen molar-refractivity contribution < 1.29 is 9.47 Å². The molecule has 1 atom stereocenters. The van der Waals surface area contributed by atoms with Gasteiger partial charge in [-0.05, 0) is 40.5 Å². The van der Waals surface area contributed by atoms with Crippen molar-refractivity contribution in [2.75, 3.05) is 46.0 Å². The first kappa shape index (κ1) is 19.2. The Hall–Kier alpha value is -0.850. The van der Waals surface area contributed by atoms with Gasteiger partial charge in [-0.3, -0.25) is 4.99 Å². The fourth-order valence-electron chi connectivity index (χ4n) is 2.11. The van der Waals surface area contributed by atoms with Gasteiger partial charge in [0.15, 0.2) is 5.96 Å². The molecule has 1 unspecified atom stereocenters. The molecule has 0 amide bonds. The predicted octanol–water partition coefficient (Wildman–Crippen LogP) is 1.13. The third-order valence-electron chi connectivity index (χ3n) is 3.23. The van der Waals surface area contributed by atoms with Crippen molar-refractivity contribution in [3.63, 3.8) is 0 Å². The molecule has 0 spiro atoms. The van der Waals surface area contributed by atoms with E-state index in [0.29, 0.717) is 6.10 Å². The topological polar surface area (TPSA) is 66.9 Å². The molecule has 1 aliphatic rings. The summed E-state index contributed by atoms with van der Waals surface area (Å²) in [4.78, 5) is 4.57. The lowest BCUT2D eigenvalue weighted by Gasteiger charge is -2.21. The molecule has 3 N–H and O–H groups in total. The van der Waals surface area contributed by atoms with Crippen molar-refractivity contribution in [1.29, 1.82) is 0 Å². The lowest BCUT2D eigenvalue weighted by molar-refractivity contribution is 0.0424. The lowest BCUT2D eigenvalue weighted by Crippen LogP contribution is -2.44. The number of rotatable bonds is 9. The summed E-state index contributed by atoms with van der Waals surface area (Å²) in [5, 5.41) is 10.1. The summed E-state index contributed by atoms with van der Waals surface area (Å²) < 4.78 is 11.0. The Bertz CT molecular complexity index is 310. The Morgan fingerprint density at radius 2 is 2.09 bits per heavy atom. The van der Waals surface area contributed by atoms with Crippen molar-refractivity contribution in [3.8, 4) is 0 Å². The van der Waals surface area contributed by atoms with E-state index >= 15 is 0 Å². The van der Waals surface area contributed by atoms with Crippen LogP contribution < -0.4 is 16.0 Å². The van der Waals surface area contributed by atoms with Gasteiger partial charge in [0, 0.05) is 44.9 Å². The van der Waals surface area contributed by atoms with Crippen LogP contribution in [0.3, 0.4) is 0 Å². The molecule has 0 aliphatic carbocycles. The van der Waals surface area contributed by atoms with E-state index in [-0.39, 0.29) is 5.54 Å². The predicted molar refractivity (Wildman–Crippen MR) is 91.5 cm³/mol. The van der Waals surface area contributed by atoms with Gasteiger partial charge in [-0.2, -0.15) is 0 Å². The Morgan fingerprint density at radius 1 is 1.27 bits per heavy atom.